The highest BCUT2D eigenvalue weighted by atomic mass is 15.2. The standard InChI is InChI=1S/C18H38N2/c1-3-5-6-7-8-9-10-11-12-13-15-20-16-18(19,17-20)14-4-2/h3-17,19H2,1-2H3. The van der Waals surface area contributed by atoms with Gasteiger partial charge >= 0.3 is 0 Å². The lowest BCUT2D eigenvalue weighted by molar-refractivity contribution is 0.0623. The summed E-state index contributed by atoms with van der Waals surface area (Å²) in [7, 11) is 0. The monoisotopic (exact) mass is 282 g/mol. The van der Waals surface area contributed by atoms with Gasteiger partial charge in [-0.25, -0.2) is 0 Å². The Morgan fingerprint density at radius 1 is 0.750 bits per heavy atom. The van der Waals surface area contributed by atoms with Crippen LogP contribution in [0.1, 0.15) is 90.9 Å². The number of hydrogen-bond acceptors (Lipinski definition) is 2. The van der Waals surface area contributed by atoms with Gasteiger partial charge in [-0.15, -0.1) is 0 Å². The van der Waals surface area contributed by atoms with Crippen LogP contribution in [0.4, 0.5) is 0 Å². The zero-order valence-corrected chi connectivity index (χ0v) is 14.1. The smallest absolute Gasteiger partial charge is 0.0412 e. The van der Waals surface area contributed by atoms with Crippen LogP contribution in [0.25, 0.3) is 0 Å². The molecule has 20 heavy (non-hydrogen) atoms. The summed E-state index contributed by atoms with van der Waals surface area (Å²) >= 11 is 0. The first-order chi connectivity index (χ1) is 9.70. The summed E-state index contributed by atoms with van der Waals surface area (Å²) in [4.78, 5) is 2.54. The number of rotatable bonds is 13. The Kier molecular flexibility index (Phi) is 9.54. The minimum atomic E-state index is 0.160. The van der Waals surface area contributed by atoms with Crippen LogP contribution >= 0.6 is 0 Å². The minimum Gasteiger partial charge on any atom is -0.323 e. The number of hydrogen-bond donors (Lipinski definition) is 1. The minimum absolute atomic E-state index is 0.160. The second-order valence-electron chi connectivity index (χ2n) is 7.01. The Morgan fingerprint density at radius 3 is 1.75 bits per heavy atom. The van der Waals surface area contributed by atoms with E-state index in [1.54, 1.807) is 0 Å². The Bertz CT molecular complexity index is 221. The molecular weight excluding hydrogens is 244 g/mol. The fourth-order valence-corrected chi connectivity index (χ4v) is 3.48. The van der Waals surface area contributed by atoms with Gasteiger partial charge in [0.15, 0.2) is 0 Å². The summed E-state index contributed by atoms with van der Waals surface area (Å²) in [6.45, 7) is 8.07. The first-order valence-corrected chi connectivity index (χ1v) is 9.21. The van der Waals surface area contributed by atoms with Gasteiger partial charge in [0.1, 0.15) is 0 Å². The second-order valence-corrected chi connectivity index (χ2v) is 7.01. The van der Waals surface area contributed by atoms with Gasteiger partial charge in [0.05, 0.1) is 0 Å². The fraction of sp³-hybridized carbons (Fsp3) is 1.00. The van der Waals surface area contributed by atoms with Crippen molar-refractivity contribution >= 4 is 0 Å². The van der Waals surface area contributed by atoms with Gasteiger partial charge in [-0.3, -0.25) is 4.90 Å². The summed E-state index contributed by atoms with van der Waals surface area (Å²) < 4.78 is 0. The molecule has 1 saturated heterocycles. The molecule has 0 bridgehead atoms. The average molecular weight is 283 g/mol. The highest BCUT2D eigenvalue weighted by Gasteiger charge is 2.37. The topological polar surface area (TPSA) is 29.3 Å². The van der Waals surface area contributed by atoms with E-state index in [4.69, 9.17) is 5.73 Å². The van der Waals surface area contributed by atoms with Crippen molar-refractivity contribution in [2.24, 2.45) is 5.73 Å². The van der Waals surface area contributed by atoms with Crippen molar-refractivity contribution in [1.82, 2.24) is 4.90 Å². The predicted octanol–water partition coefficient (Wildman–Crippen LogP) is 4.72. The quantitative estimate of drug-likeness (QED) is 0.495. The first kappa shape index (κ1) is 18.0. The molecule has 0 aromatic heterocycles. The summed E-state index contributed by atoms with van der Waals surface area (Å²) in [5, 5.41) is 0. The molecule has 0 saturated carbocycles. The molecule has 0 atom stereocenters. The summed E-state index contributed by atoms with van der Waals surface area (Å²) in [6.07, 6.45) is 16.7. The van der Waals surface area contributed by atoms with E-state index in [-0.39, 0.29) is 5.54 Å². The highest BCUT2D eigenvalue weighted by molar-refractivity contribution is 4.99. The Morgan fingerprint density at radius 2 is 1.25 bits per heavy atom. The molecule has 2 N–H and O–H groups in total. The van der Waals surface area contributed by atoms with Crippen molar-refractivity contribution in [1.29, 1.82) is 0 Å². The molecule has 0 unspecified atom stereocenters. The third kappa shape index (κ3) is 7.64. The van der Waals surface area contributed by atoms with E-state index < -0.39 is 0 Å². The van der Waals surface area contributed by atoms with Gasteiger partial charge in [0, 0.05) is 18.6 Å². The second kappa shape index (κ2) is 10.6. The lowest BCUT2D eigenvalue weighted by Gasteiger charge is -2.48. The highest BCUT2D eigenvalue weighted by Crippen LogP contribution is 2.23. The normalized spacial score (nSPS) is 18.1. The molecule has 1 rings (SSSR count). The predicted molar refractivity (Wildman–Crippen MR) is 90.1 cm³/mol. The molecule has 0 aliphatic carbocycles. The van der Waals surface area contributed by atoms with Crippen LogP contribution in [0, 0.1) is 0 Å². The van der Waals surface area contributed by atoms with Crippen LogP contribution in [-0.2, 0) is 0 Å². The van der Waals surface area contributed by atoms with E-state index in [0.717, 1.165) is 13.1 Å². The molecule has 1 aliphatic heterocycles. The van der Waals surface area contributed by atoms with Crippen molar-refractivity contribution in [2.75, 3.05) is 19.6 Å². The van der Waals surface area contributed by atoms with Crippen molar-refractivity contribution in [3.8, 4) is 0 Å². The fourth-order valence-electron chi connectivity index (χ4n) is 3.48. The van der Waals surface area contributed by atoms with E-state index in [1.165, 1.54) is 83.6 Å². The Labute approximate surface area is 127 Å². The van der Waals surface area contributed by atoms with Crippen LogP contribution in [0.15, 0.2) is 0 Å². The third-order valence-corrected chi connectivity index (χ3v) is 4.65. The van der Waals surface area contributed by atoms with Gasteiger partial charge in [0.25, 0.3) is 0 Å². The van der Waals surface area contributed by atoms with Crippen LogP contribution in [0.2, 0.25) is 0 Å². The maximum absolute atomic E-state index is 6.28. The summed E-state index contributed by atoms with van der Waals surface area (Å²) in [5.74, 6) is 0. The average Bonchev–Trinajstić information content (AvgIpc) is 2.39. The zero-order valence-electron chi connectivity index (χ0n) is 14.1. The van der Waals surface area contributed by atoms with Crippen molar-refractivity contribution in [3.63, 3.8) is 0 Å². The van der Waals surface area contributed by atoms with Crippen molar-refractivity contribution < 1.29 is 0 Å². The van der Waals surface area contributed by atoms with Gasteiger partial charge < -0.3 is 5.73 Å². The van der Waals surface area contributed by atoms with Crippen LogP contribution in [0.5, 0.6) is 0 Å². The zero-order chi connectivity index (χ0) is 14.7. The molecule has 120 valence electrons. The molecule has 0 aromatic rings. The Balaban J connectivity index is 1.78. The lowest BCUT2D eigenvalue weighted by Crippen LogP contribution is -2.67. The summed E-state index contributed by atoms with van der Waals surface area (Å²) in [5.41, 5.74) is 6.44. The van der Waals surface area contributed by atoms with E-state index in [1.807, 2.05) is 0 Å². The van der Waals surface area contributed by atoms with Gasteiger partial charge in [-0.2, -0.15) is 0 Å². The van der Waals surface area contributed by atoms with Gasteiger partial charge in [-0.05, 0) is 19.4 Å². The van der Waals surface area contributed by atoms with Crippen LogP contribution in [0.3, 0.4) is 0 Å². The molecule has 1 fully saturated rings. The largest absolute Gasteiger partial charge is 0.323 e. The van der Waals surface area contributed by atoms with E-state index in [9.17, 15) is 0 Å². The molecule has 1 heterocycles. The maximum atomic E-state index is 6.28. The van der Waals surface area contributed by atoms with Crippen molar-refractivity contribution in [3.05, 3.63) is 0 Å². The van der Waals surface area contributed by atoms with E-state index >= 15 is 0 Å². The number of unbranched alkanes of at least 4 members (excludes halogenated alkanes) is 9. The molecule has 2 heteroatoms. The molecule has 2 nitrogen and oxygen atoms in total. The molecule has 0 radical (unpaired) electrons. The van der Waals surface area contributed by atoms with Crippen LogP contribution in [-0.4, -0.2) is 30.1 Å². The maximum Gasteiger partial charge on any atom is 0.0412 e. The molecule has 0 aromatic carbocycles. The van der Waals surface area contributed by atoms with Gasteiger partial charge in [0.2, 0.25) is 0 Å². The third-order valence-electron chi connectivity index (χ3n) is 4.65. The molecule has 0 spiro atoms. The lowest BCUT2D eigenvalue weighted by atomic mass is 9.86. The molecule has 1 aliphatic rings. The summed E-state index contributed by atoms with van der Waals surface area (Å²) in [6, 6.07) is 0. The number of nitrogens with zero attached hydrogens (tertiary/aromatic N) is 1. The first-order valence-electron chi connectivity index (χ1n) is 9.21. The number of nitrogens with two attached hydrogens (primary N) is 1. The van der Waals surface area contributed by atoms with Crippen LogP contribution < -0.4 is 5.73 Å². The molecule has 0 amide bonds. The SMILES string of the molecule is CCCCCCCCCCCCN1CC(N)(CCC)C1. The van der Waals surface area contributed by atoms with E-state index in [2.05, 4.69) is 18.7 Å². The van der Waals surface area contributed by atoms with Gasteiger partial charge in [-0.1, -0.05) is 78.1 Å². The van der Waals surface area contributed by atoms with Crippen molar-refractivity contribution in [2.45, 2.75) is 96.4 Å². The van der Waals surface area contributed by atoms with E-state index in [0.29, 0.717) is 0 Å². The number of likely N-dealkylation sites (tertiary alicyclic amines) is 1. The molecular formula is C18H38N2. The Hall–Kier alpha value is -0.0800.